The van der Waals surface area contributed by atoms with Gasteiger partial charge in [0.05, 0.1) is 22.7 Å². The van der Waals surface area contributed by atoms with Gasteiger partial charge in [0.1, 0.15) is 0 Å². The van der Waals surface area contributed by atoms with Gasteiger partial charge in [0.25, 0.3) is 5.91 Å². The van der Waals surface area contributed by atoms with Crippen LogP contribution in [0.15, 0.2) is 60.8 Å². The maximum atomic E-state index is 13.0. The summed E-state index contributed by atoms with van der Waals surface area (Å²) < 4.78 is 0. The smallest absolute Gasteiger partial charge is 0.334 e. The lowest BCUT2D eigenvalue weighted by molar-refractivity contribution is -0.112. The number of pyridine rings is 1. The maximum Gasteiger partial charge on any atom is 0.334 e. The Labute approximate surface area is 230 Å². The molecule has 38 heavy (non-hydrogen) atoms. The Bertz CT molecular complexity index is 1320. The number of hydrazine groups is 1. The Balaban J connectivity index is 1.28. The van der Waals surface area contributed by atoms with Crippen LogP contribution in [0.3, 0.4) is 0 Å². The van der Waals surface area contributed by atoms with Crippen LogP contribution in [0, 0.1) is 0 Å². The summed E-state index contributed by atoms with van der Waals surface area (Å²) in [6, 6.07) is 16.6. The summed E-state index contributed by atoms with van der Waals surface area (Å²) in [5.74, 6) is 0.466. The molecule has 1 atom stereocenters. The Morgan fingerprint density at radius 3 is 2.21 bits per heavy atom. The van der Waals surface area contributed by atoms with E-state index in [1.54, 1.807) is 0 Å². The molecular weight excluding hydrogens is 522 g/mol. The Hall–Kier alpha value is -3.56. The number of hydrogen-bond acceptors (Lipinski definition) is 6. The number of aromatic nitrogens is 1. The minimum atomic E-state index is -0.498. The predicted octanol–water partition coefficient (Wildman–Crippen LogP) is 4.79. The summed E-state index contributed by atoms with van der Waals surface area (Å²) in [6.07, 6.45) is 6.02. The van der Waals surface area contributed by atoms with Gasteiger partial charge < -0.3 is 10.6 Å². The number of amides is 3. The number of nitrogens with one attached hydrogen (secondary N) is 4. The molecule has 3 amide bonds. The highest BCUT2D eigenvalue weighted by atomic mass is 35.5. The number of urea groups is 1. The molecule has 196 valence electrons. The summed E-state index contributed by atoms with van der Waals surface area (Å²) in [6.45, 7) is 0. The van der Waals surface area contributed by atoms with Crippen molar-refractivity contribution in [2.24, 2.45) is 0 Å². The second kappa shape index (κ2) is 11.9. The summed E-state index contributed by atoms with van der Waals surface area (Å²) in [7, 11) is 0. The molecule has 0 radical (unpaired) electrons. The average molecular weight is 550 g/mol. The SMILES string of the molecule is O=C(NNc1ncc(C(=O)NC2CCSC2=O)cc1Cl)NC1c2ccccc2CCCCc2ccccc21. The minimum Gasteiger partial charge on any atom is -0.341 e. The number of fused-ring (bicyclic) bond motifs is 2. The van der Waals surface area contributed by atoms with Crippen molar-refractivity contribution in [1.29, 1.82) is 0 Å². The molecule has 2 aliphatic rings. The van der Waals surface area contributed by atoms with Crippen molar-refractivity contribution in [3.63, 3.8) is 0 Å². The van der Waals surface area contributed by atoms with E-state index in [9.17, 15) is 14.4 Å². The molecule has 1 fully saturated rings. The molecule has 0 bridgehead atoms. The van der Waals surface area contributed by atoms with E-state index in [2.05, 4.69) is 50.7 Å². The molecule has 3 aromatic rings. The van der Waals surface area contributed by atoms with Gasteiger partial charge in [-0.1, -0.05) is 71.9 Å². The fourth-order valence-electron chi connectivity index (χ4n) is 4.85. The van der Waals surface area contributed by atoms with Crippen LogP contribution in [0.1, 0.15) is 57.9 Å². The van der Waals surface area contributed by atoms with Gasteiger partial charge in [-0.3, -0.25) is 20.4 Å². The van der Waals surface area contributed by atoms with Crippen LogP contribution in [0.25, 0.3) is 0 Å². The Kier molecular flexibility index (Phi) is 8.14. The number of aryl methyl sites for hydroxylation is 2. The van der Waals surface area contributed by atoms with Crippen molar-refractivity contribution in [1.82, 2.24) is 21.0 Å². The zero-order valence-corrected chi connectivity index (χ0v) is 22.2. The van der Waals surface area contributed by atoms with E-state index in [1.807, 2.05) is 24.3 Å². The lowest BCUT2D eigenvalue weighted by Gasteiger charge is -2.24. The summed E-state index contributed by atoms with van der Waals surface area (Å²) in [5, 5.41) is 5.93. The highest BCUT2D eigenvalue weighted by Gasteiger charge is 2.27. The van der Waals surface area contributed by atoms with Gasteiger partial charge in [-0.05, 0) is 60.4 Å². The van der Waals surface area contributed by atoms with E-state index in [0.717, 1.165) is 36.8 Å². The minimum absolute atomic E-state index is 0.0453. The molecule has 0 spiro atoms. The average Bonchev–Trinajstić information content (AvgIpc) is 3.35. The van der Waals surface area contributed by atoms with Crippen LogP contribution in [-0.2, 0) is 17.6 Å². The first kappa shape index (κ1) is 26.1. The number of carbonyl (C=O) groups excluding carboxylic acids is 3. The summed E-state index contributed by atoms with van der Waals surface area (Å²) in [4.78, 5) is 41.5. The third-order valence-electron chi connectivity index (χ3n) is 6.79. The number of halogens is 1. The van der Waals surface area contributed by atoms with Gasteiger partial charge in [0.15, 0.2) is 5.82 Å². The van der Waals surface area contributed by atoms with Gasteiger partial charge in [-0.25, -0.2) is 9.78 Å². The van der Waals surface area contributed by atoms with Gasteiger partial charge in [0, 0.05) is 11.9 Å². The fraction of sp³-hybridized carbons (Fsp3) is 0.286. The third-order valence-corrected chi connectivity index (χ3v) is 8.09. The molecule has 2 heterocycles. The van der Waals surface area contributed by atoms with Gasteiger partial charge >= 0.3 is 6.03 Å². The largest absolute Gasteiger partial charge is 0.341 e. The van der Waals surface area contributed by atoms with Crippen molar-refractivity contribution in [2.75, 3.05) is 11.2 Å². The van der Waals surface area contributed by atoms with Gasteiger partial charge in [-0.15, -0.1) is 0 Å². The van der Waals surface area contributed by atoms with Gasteiger partial charge in [0.2, 0.25) is 5.12 Å². The summed E-state index contributed by atoms with van der Waals surface area (Å²) in [5.41, 5.74) is 10.2. The quantitative estimate of drug-likeness (QED) is 0.340. The standard InChI is InChI=1S/C28H28ClN5O3S/c29-22-15-19(26(35)31-23-13-14-38-27(23)36)16-30-25(22)33-34-28(37)32-24-20-11-5-3-9-17(20)7-1-2-8-18-10-4-6-12-21(18)24/h3-6,9-12,15-16,23-24H,1-2,7-8,13-14H2,(H,30,33)(H,31,35)(H2,32,34,37). The number of anilines is 1. The second-order valence-corrected chi connectivity index (χ2v) is 10.8. The third kappa shape index (κ3) is 5.95. The molecule has 1 aliphatic heterocycles. The van der Waals surface area contributed by atoms with E-state index >= 15 is 0 Å². The molecule has 1 unspecified atom stereocenters. The van der Waals surface area contributed by atoms with Crippen molar-refractivity contribution in [2.45, 2.75) is 44.2 Å². The van der Waals surface area contributed by atoms with E-state index in [4.69, 9.17) is 11.6 Å². The molecule has 5 rings (SSSR count). The van der Waals surface area contributed by atoms with Gasteiger partial charge in [-0.2, -0.15) is 0 Å². The van der Waals surface area contributed by atoms with E-state index in [0.29, 0.717) is 12.2 Å². The number of thioether (sulfide) groups is 1. The first-order valence-corrected chi connectivity index (χ1v) is 14.0. The Morgan fingerprint density at radius 2 is 1.61 bits per heavy atom. The molecule has 0 saturated carbocycles. The highest BCUT2D eigenvalue weighted by molar-refractivity contribution is 8.14. The number of carbonyl (C=O) groups is 3. The van der Waals surface area contributed by atoms with Crippen molar-refractivity contribution >= 4 is 46.2 Å². The van der Waals surface area contributed by atoms with Crippen molar-refractivity contribution in [3.05, 3.63) is 93.6 Å². The van der Waals surface area contributed by atoms with Crippen LogP contribution >= 0.6 is 23.4 Å². The lowest BCUT2D eigenvalue weighted by Crippen LogP contribution is -2.42. The normalized spacial score (nSPS) is 17.3. The molecule has 10 heteroatoms. The Morgan fingerprint density at radius 1 is 0.947 bits per heavy atom. The van der Waals surface area contributed by atoms with Crippen molar-refractivity contribution in [3.8, 4) is 0 Å². The van der Waals surface area contributed by atoms with Crippen molar-refractivity contribution < 1.29 is 14.4 Å². The fourth-order valence-corrected chi connectivity index (χ4v) is 5.99. The molecule has 2 aromatic carbocycles. The molecule has 8 nitrogen and oxygen atoms in total. The van der Waals surface area contributed by atoms with Crippen LogP contribution in [0.5, 0.6) is 0 Å². The van der Waals surface area contributed by atoms with Crippen LogP contribution in [-0.4, -0.2) is 33.8 Å². The topological polar surface area (TPSA) is 112 Å². The molecule has 1 aromatic heterocycles. The van der Waals surface area contributed by atoms with E-state index in [-0.39, 0.29) is 27.6 Å². The molecule has 4 N–H and O–H groups in total. The second-order valence-electron chi connectivity index (χ2n) is 9.30. The molecular formula is C28H28ClN5O3S. The molecule has 1 aliphatic carbocycles. The van der Waals surface area contributed by atoms with Crippen LogP contribution in [0.4, 0.5) is 10.6 Å². The number of hydrogen-bond donors (Lipinski definition) is 4. The zero-order chi connectivity index (χ0) is 26.5. The number of rotatable bonds is 5. The maximum absolute atomic E-state index is 13.0. The predicted molar refractivity (Wildman–Crippen MR) is 149 cm³/mol. The zero-order valence-electron chi connectivity index (χ0n) is 20.6. The highest BCUT2D eigenvalue weighted by Crippen LogP contribution is 2.31. The van der Waals surface area contributed by atoms with Crippen LogP contribution in [0.2, 0.25) is 5.02 Å². The first-order valence-electron chi connectivity index (χ1n) is 12.6. The monoisotopic (exact) mass is 549 g/mol. The number of benzene rings is 2. The number of nitrogens with zero attached hydrogens (tertiary/aromatic N) is 1. The first-order chi connectivity index (χ1) is 18.5. The lowest BCUT2D eigenvalue weighted by atomic mass is 9.91. The summed E-state index contributed by atoms with van der Waals surface area (Å²) >= 11 is 7.55. The van der Waals surface area contributed by atoms with E-state index in [1.165, 1.54) is 35.2 Å². The molecule has 1 saturated heterocycles. The van der Waals surface area contributed by atoms with E-state index < -0.39 is 18.0 Å². The van der Waals surface area contributed by atoms with Crippen LogP contribution < -0.4 is 21.5 Å².